The highest BCUT2D eigenvalue weighted by Crippen LogP contribution is 2.22. The lowest BCUT2D eigenvalue weighted by molar-refractivity contribution is -0.130. The van der Waals surface area contributed by atoms with E-state index in [1.54, 1.807) is 13.0 Å². The maximum Gasteiger partial charge on any atom is 0.325 e. The second-order valence-electron chi connectivity index (χ2n) is 7.43. The van der Waals surface area contributed by atoms with Gasteiger partial charge in [-0.1, -0.05) is 36.4 Å². The van der Waals surface area contributed by atoms with E-state index < -0.39 is 40.5 Å². The lowest BCUT2D eigenvalue weighted by Crippen LogP contribution is -2.38. The van der Waals surface area contributed by atoms with Crippen molar-refractivity contribution in [3.8, 4) is 0 Å². The van der Waals surface area contributed by atoms with Crippen LogP contribution in [-0.4, -0.2) is 62.2 Å². The third kappa shape index (κ3) is 4.92. The van der Waals surface area contributed by atoms with Crippen molar-refractivity contribution in [2.75, 3.05) is 26.0 Å². The molecule has 1 saturated heterocycles. The first-order valence-corrected chi connectivity index (χ1v) is 11.0. The van der Waals surface area contributed by atoms with Gasteiger partial charge in [-0.25, -0.2) is 17.5 Å². The summed E-state index contributed by atoms with van der Waals surface area (Å²) in [5.41, 5.74) is 1.83. The van der Waals surface area contributed by atoms with Crippen molar-refractivity contribution >= 4 is 33.6 Å². The van der Waals surface area contributed by atoms with Crippen molar-refractivity contribution in [1.29, 1.82) is 0 Å². The van der Waals surface area contributed by atoms with Crippen molar-refractivity contribution in [2.24, 2.45) is 0 Å². The molecule has 1 heterocycles. The summed E-state index contributed by atoms with van der Waals surface area (Å²) < 4.78 is 25.8. The number of amides is 4. The molecule has 1 aliphatic rings. The van der Waals surface area contributed by atoms with Crippen LogP contribution in [0.4, 0.5) is 10.5 Å². The third-order valence-corrected chi connectivity index (χ3v) is 6.76. The van der Waals surface area contributed by atoms with Crippen LogP contribution < -0.4 is 10.6 Å². The number of rotatable bonds is 7. The van der Waals surface area contributed by atoms with E-state index in [1.807, 2.05) is 30.3 Å². The molecule has 3 rings (SSSR count). The van der Waals surface area contributed by atoms with Gasteiger partial charge in [0.2, 0.25) is 15.9 Å². The maximum absolute atomic E-state index is 12.6. The van der Waals surface area contributed by atoms with Gasteiger partial charge in [-0.3, -0.25) is 14.5 Å². The van der Waals surface area contributed by atoms with Crippen molar-refractivity contribution in [3.63, 3.8) is 0 Å². The molecular weight excluding hydrogens is 420 g/mol. The fraction of sp³-hybridized carbons (Fsp3) is 0.286. The van der Waals surface area contributed by atoms with E-state index >= 15 is 0 Å². The van der Waals surface area contributed by atoms with Crippen LogP contribution in [0.15, 0.2) is 53.4 Å². The van der Waals surface area contributed by atoms with Crippen molar-refractivity contribution < 1.29 is 22.8 Å². The number of benzene rings is 2. The Kier molecular flexibility index (Phi) is 6.42. The fourth-order valence-electron chi connectivity index (χ4n) is 3.16. The molecule has 1 atom stereocenters. The average molecular weight is 445 g/mol. The Labute approximate surface area is 181 Å². The molecule has 0 bridgehead atoms. The normalized spacial score (nSPS) is 16.5. The number of urea groups is 1. The first-order valence-electron chi connectivity index (χ1n) is 9.58. The van der Waals surface area contributed by atoms with Crippen LogP contribution in [0, 0.1) is 6.92 Å². The molecule has 164 valence electrons. The third-order valence-electron chi connectivity index (χ3n) is 4.95. The summed E-state index contributed by atoms with van der Waals surface area (Å²) in [4.78, 5) is 38.3. The number of anilines is 1. The maximum atomic E-state index is 12.6. The van der Waals surface area contributed by atoms with Gasteiger partial charge in [-0.2, -0.15) is 0 Å². The summed E-state index contributed by atoms with van der Waals surface area (Å²) in [5.74, 6) is -1.09. The Bertz CT molecular complexity index is 1120. The lowest BCUT2D eigenvalue weighted by Gasteiger charge is -2.16. The Balaban J connectivity index is 1.69. The minimum absolute atomic E-state index is 0.0244. The monoisotopic (exact) mass is 444 g/mol. The zero-order valence-electron chi connectivity index (χ0n) is 17.5. The van der Waals surface area contributed by atoms with E-state index in [0.717, 1.165) is 14.8 Å². The molecule has 31 heavy (non-hydrogen) atoms. The van der Waals surface area contributed by atoms with Crippen molar-refractivity contribution in [2.45, 2.75) is 24.3 Å². The van der Waals surface area contributed by atoms with Crippen LogP contribution in [0.25, 0.3) is 0 Å². The van der Waals surface area contributed by atoms with Gasteiger partial charge >= 0.3 is 6.03 Å². The molecule has 1 aliphatic heterocycles. The molecular formula is C21H24N4O5S. The standard InChI is InChI=1S/C21H24N4O5S/c1-14-9-10-16(31(29,30)24(2)3)12-17(14)22-19(26)13-25-20(27)18(23-21(25)28)11-15-7-5-4-6-8-15/h4-10,12,18H,11,13H2,1-3H3,(H,22,26)(H,23,28)/t18-/m1/s1. The molecule has 10 heteroatoms. The summed E-state index contributed by atoms with van der Waals surface area (Å²) in [5, 5.41) is 5.20. The highest BCUT2D eigenvalue weighted by Gasteiger charge is 2.38. The molecule has 0 radical (unpaired) electrons. The number of carbonyl (C=O) groups excluding carboxylic acids is 3. The minimum atomic E-state index is -3.68. The van der Waals surface area contributed by atoms with Gasteiger partial charge in [0, 0.05) is 26.2 Å². The molecule has 0 aliphatic carbocycles. The number of hydrogen-bond acceptors (Lipinski definition) is 5. The molecule has 1 fully saturated rings. The second-order valence-corrected chi connectivity index (χ2v) is 9.58. The Morgan fingerprint density at radius 1 is 1.13 bits per heavy atom. The van der Waals surface area contributed by atoms with E-state index in [-0.39, 0.29) is 4.90 Å². The molecule has 2 N–H and O–H groups in total. The lowest BCUT2D eigenvalue weighted by atomic mass is 10.1. The van der Waals surface area contributed by atoms with Gasteiger partial charge in [0.05, 0.1) is 4.90 Å². The number of hydrogen-bond donors (Lipinski definition) is 2. The van der Waals surface area contributed by atoms with Crippen LogP contribution in [-0.2, 0) is 26.0 Å². The average Bonchev–Trinajstić information content (AvgIpc) is 2.97. The first kappa shape index (κ1) is 22.4. The number of aryl methyl sites for hydroxylation is 1. The molecule has 0 unspecified atom stereocenters. The second kappa shape index (κ2) is 8.86. The topological polar surface area (TPSA) is 116 Å². The predicted molar refractivity (Wildman–Crippen MR) is 115 cm³/mol. The molecule has 0 saturated carbocycles. The number of sulfonamides is 1. The molecule has 4 amide bonds. The Morgan fingerprint density at radius 2 is 1.81 bits per heavy atom. The Hall–Kier alpha value is -3.24. The summed E-state index contributed by atoms with van der Waals surface area (Å²) in [6.07, 6.45) is 0.326. The molecule has 0 spiro atoms. The molecule has 2 aromatic carbocycles. The van der Waals surface area contributed by atoms with Gasteiger partial charge in [0.25, 0.3) is 5.91 Å². The molecule has 2 aromatic rings. The summed E-state index contributed by atoms with van der Waals surface area (Å²) in [7, 11) is -0.848. The van der Waals surface area contributed by atoms with Crippen LogP contribution in [0.5, 0.6) is 0 Å². The molecule has 9 nitrogen and oxygen atoms in total. The Morgan fingerprint density at radius 3 is 2.45 bits per heavy atom. The number of imide groups is 1. The van der Waals surface area contributed by atoms with Gasteiger partial charge in [0.15, 0.2) is 0 Å². The zero-order valence-corrected chi connectivity index (χ0v) is 18.3. The van der Waals surface area contributed by atoms with E-state index in [9.17, 15) is 22.8 Å². The van der Waals surface area contributed by atoms with E-state index in [0.29, 0.717) is 17.7 Å². The fourth-order valence-corrected chi connectivity index (χ4v) is 4.08. The van der Waals surface area contributed by atoms with E-state index in [4.69, 9.17) is 0 Å². The largest absolute Gasteiger partial charge is 0.325 e. The van der Waals surface area contributed by atoms with Crippen molar-refractivity contribution in [1.82, 2.24) is 14.5 Å². The van der Waals surface area contributed by atoms with Crippen LogP contribution in [0.1, 0.15) is 11.1 Å². The highest BCUT2D eigenvalue weighted by atomic mass is 32.2. The summed E-state index contributed by atoms with van der Waals surface area (Å²) >= 11 is 0. The number of carbonyl (C=O) groups is 3. The van der Waals surface area contributed by atoms with Gasteiger partial charge in [-0.15, -0.1) is 0 Å². The highest BCUT2D eigenvalue weighted by molar-refractivity contribution is 7.89. The number of nitrogens with zero attached hydrogens (tertiary/aromatic N) is 2. The zero-order chi connectivity index (χ0) is 22.8. The van der Waals surface area contributed by atoms with E-state index in [1.165, 1.54) is 26.2 Å². The number of nitrogens with one attached hydrogen (secondary N) is 2. The van der Waals surface area contributed by atoms with Crippen LogP contribution in [0.3, 0.4) is 0 Å². The quantitative estimate of drug-likeness (QED) is 0.626. The van der Waals surface area contributed by atoms with Crippen LogP contribution >= 0.6 is 0 Å². The van der Waals surface area contributed by atoms with Gasteiger partial charge in [0.1, 0.15) is 12.6 Å². The van der Waals surface area contributed by atoms with Gasteiger partial charge in [-0.05, 0) is 30.2 Å². The minimum Gasteiger partial charge on any atom is -0.325 e. The smallest absolute Gasteiger partial charge is 0.325 e. The summed E-state index contributed by atoms with van der Waals surface area (Å²) in [6.45, 7) is 1.24. The van der Waals surface area contributed by atoms with Crippen LogP contribution in [0.2, 0.25) is 0 Å². The molecule has 0 aromatic heterocycles. The first-order chi connectivity index (χ1) is 14.6. The predicted octanol–water partition coefficient (Wildman–Crippen LogP) is 1.35. The van der Waals surface area contributed by atoms with E-state index in [2.05, 4.69) is 10.6 Å². The summed E-state index contributed by atoms with van der Waals surface area (Å²) in [6, 6.07) is 12.3. The van der Waals surface area contributed by atoms with Gasteiger partial charge < -0.3 is 10.6 Å². The van der Waals surface area contributed by atoms with Crippen molar-refractivity contribution in [3.05, 3.63) is 59.7 Å². The SMILES string of the molecule is Cc1ccc(S(=O)(=O)N(C)C)cc1NC(=O)CN1C(=O)N[C@H](Cc2ccccc2)C1=O.